The molecule has 2 amide bonds. The highest BCUT2D eigenvalue weighted by Gasteiger charge is 2.29. The first kappa shape index (κ1) is 23.7. The first-order chi connectivity index (χ1) is 14.5. The average Bonchev–Trinajstić information content (AvgIpc) is 3.05. The Morgan fingerprint density at radius 3 is 2.35 bits per heavy atom. The number of rotatable bonds is 9. The Bertz CT molecular complexity index is 961. The Labute approximate surface area is 179 Å². The summed E-state index contributed by atoms with van der Waals surface area (Å²) in [4.78, 5) is 50.5. The zero-order valence-electron chi connectivity index (χ0n) is 17.6. The summed E-state index contributed by atoms with van der Waals surface area (Å²) in [6.45, 7) is 5.02. The number of para-hydroxylation sites is 1. The van der Waals surface area contributed by atoms with Crippen LogP contribution in [0, 0.1) is 0 Å². The number of aliphatic carboxylic acids is 2. The van der Waals surface area contributed by atoms with Crippen LogP contribution >= 0.6 is 0 Å². The van der Waals surface area contributed by atoms with Gasteiger partial charge in [-0.25, -0.2) is 9.59 Å². The van der Waals surface area contributed by atoms with Crippen molar-refractivity contribution in [1.29, 1.82) is 0 Å². The largest absolute Gasteiger partial charge is 0.481 e. The monoisotopic (exact) mass is 433 g/mol. The fraction of sp³-hybridized carbons (Fsp3) is 0.429. The van der Waals surface area contributed by atoms with Crippen LogP contribution in [0.1, 0.15) is 39.2 Å². The summed E-state index contributed by atoms with van der Waals surface area (Å²) in [5, 5.41) is 23.8. The Kier molecular flexibility index (Phi) is 7.62. The molecule has 0 fully saturated rings. The lowest BCUT2D eigenvalue weighted by Crippen LogP contribution is -2.53. The summed E-state index contributed by atoms with van der Waals surface area (Å²) >= 11 is 0. The van der Waals surface area contributed by atoms with E-state index in [-0.39, 0.29) is 12.8 Å². The van der Waals surface area contributed by atoms with Gasteiger partial charge >= 0.3 is 18.0 Å². The normalized spacial score (nSPS) is 13.3. The van der Waals surface area contributed by atoms with E-state index >= 15 is 0 Å². The smallest absolute Gasteiger partial charge is 0.408 e. The predicted molar refractivity (Wildman–Crippen MR) is 112 cm³/mol. The van der Waals surface area contributed by atoms with Crippen molar-refractivity contribution in [3.63, 3.8) is 0 Å². The standard InChI is InChI=1S/C21H27N3O7/c1-21(2,3)31-20(30)24-16(10-12-11-22-14-7-5-4-6-13(12)14)18(27)23-15(19(28)29)8-9-17(25)26/h4-7,11,15-16,22H,8-10H2,1-3H3,(H,23,27)(H,24,30)(H,25,26)(H,28,29)/t15-,16+/m0/s1. The van der Waals surface area contributed by atoms with Crippen molar-refractivity contribution >= 4 is 34.8 Å². The molecule has 5 N–H and O–H groups in total. The molecule has 2 aromatic rings. The molecule has 2 atom stereocenters. The number of ether oxygens (including phenoxy) is 1. The maximum Gasteiger partial charge on any atom is 0.408 e. The summed E-state index contributed by atoms with van der Waals surface area (Å²) in [6.07, 6.45) is 0.234. The molecule has 0 spiro atoms. The van der Waals surface area contributed by atoms with Gasteiger partial charge in [-0.1, -0.05) is 18.2 Å². The van der Waals surface area contributed by atoms with Gasteiger partial charge < -0.3 is 30.6 Å². The van der Waals surface area contributed by atoms with Gasteiger partial charge in [0.2, 0.25) is 5.91 Å². The van der Waals surface area contributed by atoms with Crippen molar-refractivity contribution in [2.45, 2.75) is 57.7 Å². The third-order valence-corrected chi connectivity index (χ3v) is 4.37. The number of hydrogen-bond donors (Lipinski definition) is 5. The Morgan fingerprint density at radius 2 is 1.74 bits per heavy atom. The quantitative estimate of drug-likeness (QED) is 0.405. The molecule has 1 heterocycles. The maximum absolute atomic E-state index is 12.9. The van der Waals surface area contributed by atoms with Crippen LogP contribution in [0.4, 0.5) is 4.79 Å². The Hall–Kier alpha value is -3.56. The highest BCUT2D eigenvalue weighted by molar-refractivity contribution is 5.91. The van der Waals surface area contributed by atoms with Gasteiger partial charge in [0.1, 0.15) is 17.7 Å². The number of nitrogens with one attached hydrogen (secondary N) is 3. The summed E-state index contributed by atoms with van der Waals surface area (Å²) in [7, 11) is 0. The molecule has 0 bridgehead atoms. The maximum atomic E-state index is 12.9. The number of H-pyrrole nitrogens is 1. The lowest BCUT2D eigenvalue weighted by Gasteiger charge is -2.24. The van der Waals surface area contributed by atoms with Crippen molar-refractivity contribution in [1.82, 2.24) is 15.6 Å². The first-order valence-corrected chi connectivity index (χ1v) is 9.75. The summed E-state index contributed by atoms with van der Waals surface area (Å²) in [6, 6.07) is 4.86. The molecule has 0 aliphatic rings. The van der Waals surface area contributed by atoms with E-state index in [9.17, 15) is 24.3 Å². The minimum Gasteiger partial charge on any atom is -0.481 e. The lowest BCUT2D eigenvalue weighted by atomic mass is 10.0. The number of carboxylic acids is 2. The average molecular weight is 433 g/mol. The van der Waals surface area contributed by atoms with E-state index < -0.39 is 48.0 Å². The zero-order valence-corrected chi connectivity index (χ0v) is 17.6. The molecule has 0 saturated carbocycles. The van der Waals surface area contributed by atoms with Gasteiger partial charge in [0.25, 0.3) is 0 Å². The molecule has 0 aliphatic carbocycles. The van der Waals surface area contributed by atoms with Crippen LogP contribution < -0.4 is 10.6 Å². The second kappa shape index (κ2) is 9.96. The van der Waals surface area contributed by atoms with E-state index in [1.165, 1.54) is 0 Å². The van der Waals surface area contributed by atoms with Crippen molar-refractivity contribution < 1.29 is 34.1 Å². The molecule has 1 aromatic heterocycles. The molecular weight excluding hydrogens is 406 g/mol. The molecule has 2 rings (SSSR count). The molecule has 0 aliphatic heterocycles. The number of hydrogen-bond acceptors (Lipinski definition) is 5. The fourth-order valence-corrected chi connectivity index (χ4v) is 2.98. The van der Waals surface area contributed by atoms with Crippen LogP contribution in [0.3, 0.4) is 0 Å². The molecule has 31 heavy (non-hydrogen) atoms. The predicted octanol–water partition coefficient (Wildman–Crippen LogP) is 2.04. The molecule has 0 radical (unpaired) electrons. The van der Waals surface area contributed by atoms with Crippen LogP contribution in [0.5, 0.6) is 0 Å². The number of carbonyl (C=O) groups excluding carboxylic acids is 2. The van der Waals surface area contributed by atoms with Gasteiger partial charge in [0.05, 0.1) is 0 Å². The van der Waals surface area contributed by atoms with Crippen LogP contribution in [0.25, 0.3) is 10.9 Å². The van der Waals surface area contributed by atoms with Gasteiger partial charge in [-0.2, -0.15) is 0 Å². The summed E-state index contributed by atoms with van der Waals surface area (Å²) < 4.78 is 5.22. The minimum absolute atomic E-state index is 0.0698. The van der Waals surface area contributed by atoms with Crippen molar-refractivity contribution in [2.24, 2.45) is 0 Å². The SMILES string of the molecule is CC(C)(C)OC(=O)N[C@H](Cc1c[nH]c2ccccc12)C(=O)N[C@@H](CCC(=O)O)C(=O)O. The number of fused-ring (bicyclic) bond motifs is 1. The lowest BCUT2D eigenvalue weighted by molar-refractivity contribution is -0.143. The molecule has 10 heteroatoms. The number of alkyl carbamates (subject to hydrolysis) is 1. The van der Waals surface area contributed by atoms with Gasteiger partial charge in [-0.15, -0.1) is 0 Å². The highest BCUT2D eigenvalue weighted by atomic mass is 16.6. The number of aromatic amines is 1. The molecule has 168 valence electrons. The van der Waals surface area contributed by atoms with Gasteiger partial charge in [0, 0.05) is 29.9 Å². The Morgan fingerprint density at radius 1 is 1.06 bits per heavy atom. The molecule has 0 saturated heterocycles. The van der Waals surface area contributed by atoms with Gasteiger partial charge in [0.15, 0.2) is 0 Å². The Balaban J connectivity index is 2.22. The van der Waals surface area contributed by atoms with Crippen LogP contribution in [-0.4, -0.2) is 56.8 Å². The number of carbonyl (C=O) groups is 4. The van der Waals surface area contributed by atoms with E-state index in [1.54, 1.807) is 27.0 Å². The van der Waals surface area contributed by atoms with Gasteiger partial charge in [-0.05, 0) is 38.8 Å². The van der Waals surface area contributed by atoms with Crippen molar-refractivity contribution in [2.75, 3.05) is 0 Å². The van der Waals surface area contributed by atoms with E-state index in [2.05, 4.69) is 15.6 Å². The molecule has 10 nitrogen and oxygen atoms in total. The topological polar surface area (TPSA) is 158 Å². The summed E-state index contributed by atoms with van der Waals surface area (Å²) in [5.74, 6) is -3.30. The highest BCUT2D eigenvalue weighted by Crippen LogP contribution is 2.19. The van der Waals surface area contributed by atoms with Crippen LogP contribution in [0.15, 0.2) is 30.5 Å². The van der Waals surface area contributed by atoms with Crippen molar-refractivity contribution in [3.8, 4) is 0 Å². The van der Waals surface area contributed by atoms with E-state index in [4.69, 9.17) is 9.84 Å². The minimum atomic E-state index is -1.41. The number of benzene rings is 1. The molecule has 1 aromatic carbocycles. The zero-order chi connectivity index (χ0) is 23.2. The van der Waals surface area contributed by atoms with E-state index in [0.717, 1.165) is 16.5 Å². The van der Waals surface area contributed by atoms with Crippen molar-refractivity contribution in [3.05, 3.63) is 36.0 Å². The van der Waals surface area contributed by atoms with E-state index in [1.807, 2.05) is 24.3 Å². The fourth-order valence-electron chi connectivity index (χ4n) is 2.98. The summed E-state index contributed by atoms with van der Waals surface area (Å²) in [5.41, 5.74) is 0.791. The third-order valence-electron chi connectivity index (χ3n) is 4.37. The van der Waals surface area contributed by atoms with Crippen LogP contribution in [0.2, 0.25) is 0 Å². The second-order valence-electron chi connectivity index (χ2n) is 8.09. The third kappa shape index (κ3) is 7.32. The van der Waals surface area contributed by atoms with Crippen LogP contribution in [-0.2, 0) is 25.5 Å². The molecule has 0 unspecified atom stereocenters. The number of aromatic nitrogens is 1. The first-order valence-electron chi connectivity index (χ1n) is 9.75. The second-order valence-corrected chi connectivity index (χ2v) is 8.09. The number of amides is 2. The van der Waals surface area contributed by atoms with E-state index in [0.29, 0.717) is 0 Å². The van der Waals surface area contributed by atoms with Gasteiger partial charge in [-0.3, -0.25) is 9.59 Å². The molecular formula is C21H27N3O7. The number of carboxylic acid groups (broad SMARTS) is 2.